The van der Waals surface area contributed by atoms with Crippen molar-refractivity contribution >= 4 is 11.7 Å². The number of hydrogen-bond donors (Lipinski definition) is 0. The number of alkyl halides is 2. The molecule has 3 fully saturated rings. The quantitative estimate of drug-likeness (QED) is 0.249. The summed E-state index contributed by atoms with van der Waals surface area (Å²) in [4.78, 5) is 34.7. The van der Waals surface area contributed by atoms with Gasteiger partial charge in [0.15, 0.2) is 11.6 Å². The molecule has 0 atom stereocenters. The van der Waals surface area contributed by atoms with Crippen molar-refractivity contribution in [3.05, 3.63) is 65.6 Å². The molecule has 0 radical (unpaired) electrons. The molecular weight excluding hydrogens is 635 g/mol. The lowest BCUT2D eigenvalue weighted by Gasteiger charge is -2.59. The number of nitrogens with zero attached hydrogens (tertiary/aromatic N) is 7. The first-order valence-corrected chi connectivity index (χ1v) is 17.3. The smallest absolute Gasteiger partial charge is 0.272 e. The van der Waals surface area contributed by atoms with Crippen LogP contribution in [-0.4, -0.2) is 106 Å². The molecule has 7 rings (SSSR count). The Morgan fingerprint density at radius 2 is 1.82 bits per heavy atom. The number of hydrogen-bond acceptors (Lipinski definition) is 9. The first-order chi connectivity index (χ1) is 23.5. The number of ether oxygens (including phenoxy) is 2. The zero-order chi connectivity index (χ0) is 34.3. The first kappa shape index (κ1) is 33.5. The predicted molar refractivity (Wildman–Crippen MR) is 178 cm³/mol. The molecule has 0 N–H and O–H groups in total. The van der Waals surface area contributed by atoms with Crippen LogP contribution in [0.25, 0.3) is 0 Å². The molecule has 1 amide bonds. The second-order valence-electron chi connectivity index (χ2n) is 14.3. The van der Waals surface area contributed by atoms with Crippen LogP contribution in [0.1, 0.15) is 61.6 Å². The Bertz CT molecular complexity index is 1670. The number of halogens is 3. The lowest BCUT2D eigenvalue weighted by atomic mass is 9.61. The minimum atomic E-state index is -2.52. The fourth-order valence-corrected chi connectivity index (χ4v) is 7.79. The van der Waals surface area contributed by atoms with Crippen LogP contribution in [0.3, 0.4) is 0 Å². The van der Waals surface area contributed by atoms with E-state index in [9.17, 15) is 18.0 Å². The molecule has 4 aliphatic rings. The van der Waals surface area contributed by atoms with E-state index in [0.29, 0.717) is 24.7 Å². The van der Waals surface area contributed by atoms with Gasteiger partial charge in [0.05, 0.1) is 24.8 Å². The summed E-state index contributed by atoms with van der Waals surface area (Å²) in [6.07, 6.45) is 8.55. The molecule has 3 aliphatic heterocycles. The van der Waals surface area contributed by atoms with E-state index in [0.717, 1.165) is 75.4 Å². The summed E-state index contributed by atoms with van der Waals surface area (Å²) >= 11 is 0. The number of likely N-dealkylation sites (tertiary alicyclic amines) is 1. The van der Waals surface area contributed by atoms with E-state index in [4.69, 9.17) is 9.47 Å². The summed E-state index contributed by atoms with van der Waals surface area (Å²) in [6.45, 7) is 10.8. The van der Waals surface area contributed by atoms with E-state index in [1.54, 1.807) is 11.1 Å². The molecule has 49 heavy (non-hydrogen) atoms. The Kier molecular flexibility index (Phi) is 9.16. The van der Waals surface area contributed by atoms with Crippen LogP contribution in [-0.2, 0) is 13.0 Å². The van der Waals surface area contributed by atoms with Crippen molar-refractivity contribution in [1.82, 2.24) is 29.7 Å². The van der Waals surface area contributed by atoms with E-state index in [-0.39, 0.29) is 47.9 Å². The molecule has 3 aromatic rings. The summed E-state index contributed by atoms with van der Waals surface area (Å²) < 4.78 is 53.4. The monoisotopic (exact) mass is 679 g/mol. The summed E-state index contributed by atoms with van der Waals surface area (Å²) in [6, 6.07) is 5.89. The van der Waals surface area contributed by atoms with Gasteiger partial charge in [-0.25, -0.2) is 23.1 Å². The van der Waals surface area contributed by atoms with Crippen molar-refractivity contribution in [3.8, 4) is 17.2 Å². The zero-order valence-electron chi connectivity index (χ0n) is 28.4. The number of carbonyl (C=O) groups excluding carboxylic acids is 1. The van der Waals surface area contributed by atoms with Gasteiger partial charge in [-0.15, -0.1) is 0 Å². The third-order valence-electron chi connectivity index (χ3n) is 10.2. The van der Waals surface area contributed by atoms with Crippen molar-refractivity contribution < 1.29 is 27.4 Å². The Balaban J connectivity index is 0.945. The molecule has 2 aromatic heterocycles. The zero-order valence-corrected chi connectivity index (χ0v) is 28.4. The summed E-state index contributed by atoms with van der Waals surface area (Å²) in [5.41, 5.74) is 2.49. The Morgan fingerprint density at radius 3 is 2.55 bits per heavy atom. The Morgan fingerprint density at radius 1 is 1.04 bits per heavy atom. The van der Waals surface area contributed by atoms with E-state index in [1.165, 1.54) is 24.5 Å². The number of anilines is 1. The van der Waals surface area contributed by atoms with Crippen LogP contribution in [0.5, 0.6) is 17.2 Å². The van der Waals surface area contributed by atoms with E-state index < -0.39 is 11.7 Å². The number of amides is 1. The van der Waals surface area contributed by atoms with E-state index >= 15 is 0 Å². The minimum absolute atomic E-state index is 0.0531. The van der Waals surface area contributed by atoms with Gasteiger partial charge in [-0.05, 0) is 77.4 Å². The topological polar surface area (TPSA) is 87.2 Å². The van der Waals surface area contributed by atoms with Crippen LogP contribution in [0, 0.1) is 11.2 Å². The lowest BCUT2D eigenvalue weighted by Crippen LogP contribution is -2.65. The molecule has 1 saturated carbocycles. The number of rotatable bonds is 12. The van der Waals surface area contributed by atoms with Gasteiger partial charge in [0.1, 0.15) is 29.7 Å². The van der Waals surface area contributed by atoms with Gasteiger partial charge in [0, 0.05) is 68.1 Å². The number of carbonyl (C=O) groups is 1. The van der Waals surface area contributed by atoms with Gasteiger partial charge in [0.2, 0.25) is 0 Å². The number of pyridine rings is 1. The highest BCUT2D eigenvalue weighted by molar-refractivity contribution is 5.97. The summed E-state index contributed by atoms with van der Waals surface area (Å²) in [5, 5.41) is 0. The highest BCUT2D eigenvalue weighted by atomic mass is 19.3. The van der Waals surface area contributed by atoms with E-state index in [1.807, 2.05) is 37.9 Å². The van der Waals surface area contributed by atoms with Crippen LogP contribution in [0.4, 0.5) is 19.0 Å². The van der Waals surface area contributed by atoms with Crippen LogP contribution >= 0.6 is 0 Å². The number of benzene rings is 1. The fourth-order valence-electron chi connectivity index (χ4n) is 7.79. The van der Waals surface area contributed by atoms with Gasteiger partial charge in [0.25, 0.3) is 11.8 Å². The summed E-state index contributed by atoms with van der Waals surface area (Å²) in [5.74, 6) is -1.13. The maximum Gasteiger partial charge on any atom is 0.272 e. The molecule has 262 valence electrons. The third kappa shape index (κ3) is 7.05. The number of aromatic nitrogens is 3. The summed E-state index contributed by atoms with van der Waals surface area (Å²) in [7, 11) is 0. The second-order valence-corrected chi connectivity index (χ2v) is 14.3. The van der Waals surface area contributed by atoms with Crippen molar-refractivity contribution in [2.75, 3.05) is 57.3 Å². The number of fused-ring (bicyclic) bond motifs is 1. The first-order valence-electron chi connectivity index (χ1n) is 17.3. The average Bonchev–Trinajstić information content (AvgIpc) is 3.02. The molecule has 10 nitrogen and oxygen atoms in total. The van der Waals surface area contributed by atoms with Crippen molar-refractivity contribution in [3.63, 3.8) is 0 Å². The maximum absolute atomic E-state index is 14.3. The van der Waals surface area contributed by atoms with Crippen LogP contribution < -0.4 is 14.4 Å². The molecule has 1 aliphatic carbocycles. The molecule has 5 heterocycles. The highest BCUT2D eigenvalue weighted by Crippen LogP contribution is 2.52. The van der Waals surface area contributed by atoms with Crippen LogP contribution in [0.2, 0.25) is 0 Å². The SMILES string of the molecule is CCN(C(=O)c1cc(F)ccc1Oc1cncnc1N1CC2(CC(Oc3ccnc4c3CN(CCCN3CC(F)(F)C3)CC4)C2)C1)C(C)C. The lowest BCUT2D eigenvalue weighted by molar-refractivity contribution is -0.130. The van der Waals surface area contributed by atoms with Gasteiger partial charge in [-0.3, -0.25) is 19.6 Å². The molecule has 0 unspecified atom stereocenters. The molecule has 13 heteroatoms. The minimum Gasteiger partial charge on any atom is -0.490 e. The second kappa shape index (κ2) is 13.4. The predicted octanol–water partition coefficient (Wildman–Crippen LogP) is 5.42. The van der Waals surface area contributed by atoms with Crippen molar-refractivity contribution in [2.24, 2.45) is 5.41 Å². The normalized spacial score (nSPS) is 19.9. The standard InChI is InChI=1S/C36H44F3N7O3/c1-4-46(24(2)3)34(47)27-14-25(37)6-7-30(27)49-32-17-40-23-42-33(32)45-19-35(20-45)15-26(16-35)48-31-8-10-41-29-9-13-43(18-28(29)31)11-5-12-44-21-36(38,39)22-44/h6-8,10,14,17,23-24,26H,4-5,9,11-13,15-16,18-22H2,1-3H3. The third-order valence-corrected chi connectivity index (χ3v) is 10.2. The fraction of sp³-hybridized carbons (Fsp3) is 0.556. The molecular formula is C36H44F3N7O3. The highest BCUT2D eigenvalue weighted by Gasteiger charge is 2.54. The van der Waals surface area contributed by atoms with Gasteiger partial charge in [-0.1, -0.05) is 0 Å². The van der Waals surface area contributed by atoms with Gasteiger partial charge < -0.3 is 19.3 Å². The van der Waals surface area contributed by atoms with Gasteiger partial charge in [-0.2, -0.15) is 0 Å². The molecule has 2 saturated heterocycles. The van der Waals surface area contributed by atoms with E-state index in [2.05, 4.69) is 24.8 Å². The average molecular weight is 680 g/mol. The maximum atomic E-state index is 14.3. The van der Waals surface area contributed by atoms with Gasteiger partial charge >= 0.3 is 0 Å². The molecule has 1 spiro atoms. The molecule has 1 aromatic carbocycles. The van der Waals surface area contributed by atoms with Crippen molar-refractivity contribution in [1.29, 1.82) is 0 Å². The Hall–Kier alpha value is -3.97. The Labute approximate surface area is 285 Å². The van der Waals surface area contributed by atoms with Crippen molar-refractivity contribution in [2.45, 2.75) is 71.1 Å². The molecule has 0 bridgehead atoms. The van der Waals surface area contributed by atoms with Crippen LogP contribution in [0.15, 0.2) is 43.0 Å². The largest absolute Gasteiger partial charge is 0.490 e.